The van der Waals surface area contributed by atoms with Gasteiger partial charge in [-0.2, -0.15) is 12.1 Å². The predicted octanol–water partition coefficient (Wildman–Crippen LogP) is 8.64. The van der Waals surface area contributed by atoms with Gasteiger partial charge in [0.1, 0.15) is 5.82 Å². The summed E-state index contributed by atoms with van der Waals surface area (Å²) in [5, 5.41) is 0. The Morgan fingerprint density at radius 1 is 0.725 bits per heavy atom. The molecule has 51 heavy (non-hydrogen) atoms. The Morgan fingerprint density at radius 3 is 2.20 bits per heavy atom. The van der Waals surface area contributed by atoms with E-state index < -0.39 is 0 Å². The zero-order chi connectivity index (χ0) is 34.6. The van der Waals surface area contributed by atoms with E-state index in [1.165, 1.54) is 16.6 Å². The van der Waals surface area contributed by atoms with Crippen molar-refractivity contribution in [2.75, 3.05) is 9.62 Å². The number of aromatic nitrogens is 3. The van der Waals surface area contributed by atoms with Gasteiger partial charge in [-0.15, -0.1) is 35.9 Å². The second kappa shape index (κ2) is 13.5. The summed E-state index contributed by atoms with van der Waals surface area (Å²) in [4.78, 5) is 9.73. The number of pyridine rings is 1. The molecule has 256 valence electrons. The summed E-state index contributed by atoms with van der Waals surface area (Å²) in [6.45, 7) is 10.9. The van der Waals surface area contributed by atoms with Crippen molar-refractivity contribution in [1.29, 1.82) is 0 Å². The van der Waals surface area contributed by atoms with E-state index in [0.29, 0.717) is 11.5 Å². The Hall–Kier alpha value is -5.13. The van der Waals surface area contributed by atoms with Crippen LogP contribution in [0.3, 0.4) is 0 Å². The topological polar surface area (TPSA) is 37.4 Å². The molecule has 0 spiro atoms. The van der Waals surface area contributed by atoms with Crippen LogP contribution >= 0.6 is 0 Å². The summed E-state index contributed by atoms with van der Waals surface area (Å²) < 4.78 is 10.7. The summed E-state index contributed by atoms with van der Waals surface area (Å²) in [5.41, 5.74) is 10.6. The maximum atomic E-state index is 6.68. The van der Waals surface area contributed by atoms with Crippen molar-refractivity contribution < 1.29 is 30.4 Å². The molecule has 0 N–H and O–H groups in total. The molecule has 0 amide bonds. The molecule has 0 radical (unpaired) electrons. The number of fused-ring (bicyclic) bond motifs is 2. The number of anilines is 4. The molecule has 0 bridgehead atoms. The van der Waals surface area contributed by atoms with Gasteiger partial charge in [-0.05, 0) is 49.0 Å². The minimum absolute atomic E-state index is 0. The van der Waals surface area contributed by atoms with Crippen LogP contribution in [-0.2, 0) is 33.5 Å². The first-order chi connectivity index (χ1) is 24.2. The number of imidazole rings is 1. The summed E-state index contributed by atoms with van der Waals surface area (Å²) in [6, 6.07) is 47.0. The maximum absolute atomic E-state index is 6.68. The summed E-state index contributed by atoms with van der Waals surface area (Å²) in [6.07, 6.45) is 5.28. The van der Waals surface area contributed by atoms with Crippen LogP contribution in [-0.4, -0.2) is 16.5 Å². The van der Waals surface area contributed by atoms with Gasteiger partial charge in [0.25, 0.3) is 0 Å². The van der Waals surface area contributed by atoms with Crippen molar-refractivity contribution in [3.8, 4) is 17.2 Å². The number of ether oxygens (including phenoxy) is 1. The van der Waals surface area contributed by atoms with Gasteiger partial charge >= 0.3 is 6.98 Å². The fourth-order valence-electron chi connectivity index (χ4n) is 7.00. The first-order valence-corrected chi connectivity index (χ1v) is 17.0. The van der Waals surface area contributed by atoms with Gasteiger partial charge in [0.15, 0.2) is 0 Å². The zero-order valence-corrected chi connectivity index (χ0v) is 31.9. The standard InChI is InChI=1S/C43H38BN5O.Pt/c1-30-15-12-16-31(2)41(30)44-48(33-17-8-7-9-18-33)40-23-14-24-45-42(40)49(44)35-25-32(43(3,4)5)26-37(28-35)50-36-20-13-19-34(27-36)47-29-46(6)38-21-10-11-22-39(38)47;/h7-26H,1-6H3;/q-2;. The maximum Gasteiger partial charge on any atom is 0.420 e. The molecule has 0 saturated carbocycles. The van der Waals surface area contributed by atoms with E-state index in [-0.39, 0.29) is 33.5 Å². The Bertz CT molecular complexity index is 2350. The average Bonchev–Trinajstić information content (AvgIpc) is 3.63. The number of nitrogens with zero attached hydrogens (tertiary/aromatic N) is 5. The first-order valence-electron chi connectivity index (χ1n) is 17.0. The fraction of sp³-hybridized carbons (Fsp3) is 0.163. The van der Waals surface area contributed by atoms with Crippen LogP contribution < -0.4 is 24.4 Å². The average molecular weight is 847 g/mol. The van der Waals surface area contributed by atoms with E-state index in [9.17, 15) is 0 Å². The minimum Gasteiger partial charge on any atom is -0.510 e. The molecule has 1 aliphatic rings. The summed E-state index contributed by atoms with van der Waals surface area (Å²) in [5.74, 6) is 2.08. The van der Waals surface area contributed by atoms with E-state index in [0.717, 1.165) is 45.2 Å². The smallest absolute Gasteiger partial charge is 0.420 e. The van der Waals surface area contributed by atoms with Crippen molar-refractivity contribution in [3.05, 3.63) is 157 Å². The first kappa shape index (κ1) is 34.3. The van der Waals surface area contributed by atoms with Gasteiger partial charge < -0.3 is 23.5 Å². The third-order valence-corrected chi connectivity index (χ3v) is 9.48. The monoisotopic (exact) mass is 846 g/mol. The van der Waals surface area contributed by atoms with E-state index in [1.54, 1.807) is 0 Å². The molecular formula is C43H38BN5OPt-2. The van der Waals surface area contributed by atoms with Crippen LogP contribution in [0.15, 0.2) is 121 Å². The van der Waals surface area contributed by atoms with Crippen molar-refractivity contribution in [3.63, 3.8) is 0 Å². The molecule has 7 aromatic rings. The van der Waals surface area contributed by atoms with Gasteiger partial charge in [-0.1, -0.05) is 104 Å². The minimum atomic E-state index is -0.212. The van der Waals surface area contributed by atoms with Crippen LogP contribution in [0, 0.1) is 32.3 Å². The van der Waals surface area contributed by atoms with E-state index in [1.807, 2.05) is 58.8 Å². The number of hydrogen-bond donors (Lipinski definition) is 0. The molecule has 2 aromatic heterocycles. The molecule has 8 rings (SSSR count). The van der Waals surface area contributed by atoms with Crippen molar-refractivity contribution in [2.24, 2.45) is 7.05 Å². The fourth-order valence-corrected chi connectivity index (χ4v) is 7.00. The van der Waals surface area contributed by atoms with Gasteiger partial charge in [-0.25, -0.2) is 4.98 Å². The number of aryl methyl sites for hydroxylation is 3. The number of para-hydroxylation sites is 3. The van der Waals surface area contributed by atoms with Crippen LogP contribution in [0.2, 0.25) is 0 Å². The molecule has 3 heterocycles. The number of benzene rings is 5. The molecule has 8 heteroatoms. The van der Waals surface area contributed by atoms with Crippen molar-refractivity contribution in [2.45, 2.75) is 40.0 Å². The van der Waals surface area contributed by atoms with Gasteiger partial charge in [0.05, 0.1) is 23.8 Å². The SMILES string of the molecule is Cc1cccc(C)c1B1N(c2ccccc2)c2cccnc2N1c1[c-]c(Oc2[c-]c(-n3[c-][n+](C)c4ccccc43)ccc2)cc(C(C)(C)C)c1.[Pt]. The largest absolute Gasteiger partial charge is 0.510 e. The molecule has 6 nitrogen and oxygen atoms in total. The van der Waals surface area contributed by atoms with Crippen LogP contribution in [0.25, 0.3) is 16.7 Å². The second-order valence-electron chi connectivity index (χ2n) is 14.0. The third kappa shape index (κ3) is 6.25. The second-order valence-corrected chi connectivity index (χ2v) is 14.0. The van der Waals surface area contributed by atoms with Crippen molar-refractivity contribution in [1.82, 2.24) is 9.55 Å². The zero-order valence-electron chi connectivity index (χ0n) is 29.6. The predicted molar refractivity (Wildman–Crippen MR) is 202 cm³/mol. The molecule has 1 aliphatic heterocycles. The summed E-state index contributed by atoms with van der Waals surface area (Å²) in [7, 11) is 2.00. The number of rotatable bonds is 6. The van der Waals surface area contributed by atoms with Crippen molar-refractivity contribution >= 4 is 46.4 Å². The van der Waals surface area contributed by atoms with Crippen LogP contribution in [0.4, 0.5) is 22.9 Å². The van der Waals surface area contributed by atoms with Crippen LogP contribution in [0.1, 0.15) is 37.5 Å². The Balaban J connectivity index is 0.00000406. The Morgan fingerprint density at radius 2 is 1.43 bits per heavy atom. The van der Waals surface area contributed by atoms with Gasteiger partial charge in [0, 0.05) is 44.4 Å². The molecule has 0 aliphatic carbocycles. The Kier molecular flexibility index (Phi) is 9.11. The summed E-state index contributed by atoms with van der Waals surface area (Å²) >= 11 is 0. The van der Waals surface area contributed by atoms with Crippen LogP contribution in [0.5, 0.6) is 11.5 Å². The van der Waals surface area contributed by atoms with E-state index >= 15 is 0 Å². The van der Waals surface area contributed by atoms with Gasteiger partial charge in [0.2, 0.25) is 6.33 Å². The van der Waals surface area contributed by atoms with Gasteiger partial charge in [-0.3, -0.25) is 0 Å². The number of hydrogen-bond acceptors (Lipinski definition) is 4. The third-order valence-electron chi connectivity index (χ3n) is 9.48. The quantitative estimate of drug-likeness (QED) is 0.0956. The normalized spacial score (nSPS) is 12.6. The molecule has 0 atom stereocenters. The molecule has 5 aromatic carbocycles. The Labute approximate surface area is 315 Å². The van der Waals surface area contributed by atoms with E-state index in [2.05, 4.69) is 142 Å². The molecule has 0 saturated heterocycles. The molecule has 0 fully saturated rings. The molecule has 0 unspecified atom stereocenters. The van der Waals surface area contributed by atoms with E-state index in [4.69, 9.17) is 9.72 Å². The molecular weight excluding hydrogens is 808 g/mol.